The van der Waals surface area contributed by atoms with Crippen molar-refractivity contribution in [3.05, 3.63) is 27.8 Å². The van der Waals surface area contributed by atoms with Crippen LogP contribution in [0.1, 0.15) is 34.1 Å². The van der Waals surface area contributed by atoms with Crippen LogP contribution < -0.4 is 0 Å². The number of nitrogens with zero attached hydrogens (tertiary/aromatic N) is 1. The summed E-state index contributed by atoms with van der Waals surface area (Å²) in [4.78, 5) is 10.4. The lowest BCUT2D eigenvalue weighted by molar-refractivity contribution is 1.04. The largest absolute Gasteiger partial charge is 0.145 e. The van der Waals surface area contributed by atoms with Gasteiger partial charge in [-0.25, -0.2) is 0 Å². The highest BCUT2D eigenvalue weighted by molar-refractivity contribution is 5.31. The Balaban J connectivity index is 4.80. The van der Waals surface area contributed by atoms with E-state index < -0.39 is 0 Å². The number of nitroso groups, excluding NO2 is 1. The summed E-state index contributed by atoms with van der Waals surface area (Å²) in [5.41, 5.74) is 2.62. The summed E-state index contributed by atoms with van der Waals surface area (Å²) in [6, 6.07) is 0. The van der Waals surface area contributed by atoms with Crippen LogP contribution in [0, 0.1) is 4.91 Å². The zero-order valence-corrected chi connectivity index (χ0v) is 7.64. The quantitative estimate of drug-likeness (QED) is 0.451. The molecule has 0 fully saturated rings. The SMILES string of the molecule is C/C=C(C)\C(N=O)=C(\C)CC. The van der Waals surface area contributed by atoms with Gasteiger partial charge in [0.2, 0.25) is 0 Å². The van der Waals surface area contributed by atoms with Crippen molar-refractivity contribution in [1.82, 2.24) is 0 Å². The van der Waals surface area contributed by atoms with E-state index in [1.54, 1.807) is 0 Å². The zero-order valence-electron chi connectivity index (χ0n) is 7.64. The van der Waals surface area contributed by atoms with Crippen LogP contribution in [-0.2, 0) is 0 Å². The fourth-order valence-electron chi connectivity index (χ4n) is 0.791. The third-order valence-corrected chi connectivity index (χ3v) is 1.83. The van der Waals surface area contributed by atoms with Crippen molar-refractivity contribution < 1.29 is 0 Å². The standard InChI is InChI=1S/C9H15NO/c1-5-7(3)9(10-11)8(4)6-2/h5H,6H2,1-4H3/b7-5-,9-8+. The second-order valence-electron chi connectivity index (χ2n) is 2.55. The van der Waals surface area contributed by atoms with Gasteiger partial charge in [-0.3, -0.25) is 0 Å². The summed E-state index contributed by atoms with van der Waals surface area (Å²) in [5.74, 6) is 0. The Kier molecular flexibility index (Phi) is 4.42. The number of rotatable bonds is 3. The van der Waals surface area contributed by atoms with E-state index in [1.165, 1.54) is 0 Å². The zero-order chi connectivity index (χ0) is 8.85. The molecule has 2 heteroatoms. The molecule has 0 aliphatic rings. The summed E-state index contributed by atoms with van der Waals surface area (Å²) in [6.07, 6.45) is 2.78. The van der Waals surface area contributed by atoms with E-state index in [2.05, 4.69) is 5.18 Å². The van der Waals surface area contributed by atoms with Gasteiger partial charge in [0.05, 0.1) is 0 Å². The normalized spacial score (nSPS) is 14.4. The summed E-state index contributed by atoms with van der Waals surface area (Å²) in [6.45, 7) is 7.76. The maximum absolute atomic E-state index is 10.4. The van der Waals surface area contributed by atoms with Crippen LogP contribution >= 0.6 is 0 Å². The lowest BCUT2D eigenvalue weighted by Gasteiger charge is -2.01. The summed E-state index contributed by atoms with van der Waals surface area (Å²) < 4.78 is 0. The van der Waals surface area contributed by atoms with Crippen molar-refractivity contribution in [3.63, 3.8) is 0 Å². The molecule has 0 N–H and O–H groups in total. The van der Waals surface area contributed by atoms with E-state index in [9.17, 15) is 4.91 Å². The van der Waals surface area contributed by atoms with Gasteiger partial charge in [-0.05, 0) is 43.5 Å². The van der Waals surface area contributed by atoms with E-state index in [1.807, 2.05) is 33.8 Å². The van der Waals surface area contributed by atoms with Crippen LogP contribution in [0.4, 0.5) is 0 Å². The molecule has 0 radical (unpaired) electrons. The third-order valence-electron chi connectivity index (χ3n) is 1.83. The third kappa shape index (κ3) is 2.66. The maximum Gasteiger partial charge on any atom is 0.109 e. The Morgan fingerprint density at radius 3 is 2.27 bits per heavy atom. The highest BCUT2D eigenvalue weighted by atomic mass is 16.3. The topological polar surface area (TPSA) is 29.4 Å². The minimum atomic E-state index is 0.606. The van der Waals surface area contributed by atoms with Gasteiger partial charge in [-0.15, -0.1) is 4.91 Å². The lowest BCUT2D eigenvalue weighted by atomic mass is 10.1. The molecule has 62 valence electrons. The first kappa shape index (κ1) is 10.1. The van der Waals surface area contributed by atoms with E-state index in [0.29, 0.717) is 5.70 Å². The van der Waals surface area contributed by atoms with Gasteiger partial charge < -0.3 is 0 Å². The highest BCUT2D eigenvalue weighted by Gasteiger charge is 2.02. The molecule has 0 heterocycles. The fraction of sp³-hybridized carbons (Fsp3) is 0.556. The predicted octanol–water partition coefficient (Wildman–Crippen LogP) is 3.40. The first-order valence-electron chi connectivity index (χ1n) is 3.83. The Hall–Kier alpha value is -0.920. The molecular weight excluding hydrogens is 138 g/mol. The average Bonchev–Trinajstić information content (AvgIpc) is 2.05. The predicted molar refractivity (Wildman–Crippen MR) is 48.2 cm³/mol. The van der Waals surface area contributed by atoms with Crippen molar-refractivity contribution >= 4 is 0 Å². The van der Waals surface area contributed by atoms with Crippen LogP contribution in [0.25, 0.3) is 0 Å². The average molecular weight is 153 g/mol. The van der Waals surface area contributed by atoms with E-state index in [0.717, 1.165) is 17.6 Å². The van der Waals surface area contributed by atoms with Gasteiger partial charge in [0.15, 0.2) is 0 Å². The number of hydrogen-bond acceptors (Lipinski definition) is 2. The van der Waals surface area contributed by atoms with Gasteiger partial charge in [-0.2, -0.15) is 0 Å². The van der Waals surface area contributed by atoms with Crippen LogP contribution in [0.5, 0.6) is 0 Å². The van der Waals surface area contributed by atoms with E-state index in [4.69, 9.17) is 0 Å². The molecule has 0 aromatic carbocycles. The molecule has 0 rings (SSSR count). The van der Waals surface area contributed by atoms with Gasteiger partial charge in [-0.1, -0.05) is 13.0 Å². The van der Waals surface area contributed by atoms with Gasteiger partial charge >= 0.3 is 0 Å². The van der Waals surface area contributed by atoms with Crippen molar-refractivity contribution in [2.75, 3.05) is 0 Å². The van der Waals surface area contributed by atoms with Gasteiger partial charge in [0.1, 0.15) is 5.70 Å². The Morgan fingerprint density at radius 2 is 2.00 bits per heavy atom. The molecular formula is C9H15NO. The molecule has 0 aromatic rings. The Morgan fingerprint density at radius 1 is 1.45 bits per heavy atom. The first-order valence-corrected chi connectivity index (χ1v) is 3.83. The molecule has 2 nitrogen and oxygen atoms in total. The van der Waals surface area contributed by atoms with Crippen molar-refractivity contribution in [2.24, 2.45) is 5.18 Å². The molecule has 0 saturated carbocycles. The van der Waals surface area contributed by atoms with Crippen LogP contribution in [0.3, 0.4) is 0 Å². The highest BCUT2D eigenvalue weighted by Crippen LogP contribution is 2.17. The maximum atomic E-state index is 10.4. The van der Waals surface area contributed by atoms with Crippen LogP contribution in [-0.4, -0.2) is 0 Å². The summed E-state index contributed by atoms with van der Waals surface area (Å²) >= 11 is 0. The lowest BCUT2D eigenvalue weighted by Crippen LogP contribution is -1.85. The Labute approximate surface area is 68.0 Å². The molecule has 0 atom stereocenters. The van der Waals surface area contributed by atoms with Gasteiger partial charge in [0, 0.05) is 0 Å². The van der Waals surface area contributed by atoms with Crippen molar-refractivity contribution in [3.8, 4) is 0 Å². The second-order valence-corrected chi connectivity index (χ2v) is 2.55. The second kappa shape index (κ2) is 4.83. The molecule has 0 aliphatic heterocycles. The van der Waals surface area contributed by atoms with E-state index in [-0.39, 0.29) is 0 Å². The summed E-state index contributed by atoms with van der Waals surface area (Å²) in [7, 11) is 0. The molecule has 0 aliphatic carbocycles. The minimum Gasteiger partial charge on any atom is -0.145 e. The number of hydrogen-bond donors (Lipinski definition) is 0. The summed E-state index contributed by atoms with van der Waals surface area (Å²) in [5, 5.41) is 2.99. The fourth-order valence-corrected chi connectivity index (χ4v) is 0.791. The molecule has 0 spiro atoms. The van der Waals surface area contributed by atoms with Gasteiger partial charge in [0.25, 0.3) is 0 Å². The minimum absolute atomic E-state index is 0.606. The monoisotopic (exact) mass is 153 g/mol. The van der Waals surface area contributed by atoms with Crippen molar-refractivity contribution in [1.29, 1.82) is 0 Å². The van der Waals surface area contributed by atoms with Crippen LogP contribution in [0.2, 0.25) is 0 Å². The number of allylic oxidation sites excluding steroid dienone is 3. The molecule has 0 saturated heterocycles. The molecule has 11 heavy (non-hydrogen) atoms. The van der Waals surface area contributed by atoms with Crippen LogP contribution in [0.15, 0.2) is 28.1 Å². The molecule has 0 amide bonds. The van der Waals surface area contributed by atoms with E-state index >= 15 is 0 Å². The molecule has 0 unspecified atom stereocenters. The molecule has 0 aromatic heterocycles. The smallest absolute Gasteiger partial charge is 0.109 e. The Bertz CT molecular complexity index is 202. The first-order chi connectivity index (χ1) is 5.17. The molecule has 0 bridgehead atoms. The van der Waals surface area contributed by atoms with Crippen molar-refractivity contribution in [2.45, 2.75) is 34.1 Å².